The summed E-state index contributed by atoms with van der Waals surface area (Å²) in [5.41, 5.74) is 0. The predicted molar refractivity (Wildman–Crippen MR) is 61.6 cm³/mol. The van der Waals surface area contributed by atoms with E-state index in [4.69, 9.17) is 11.6 Å². The summed E-state index contributed by atoms with van der Waals surface area (Å²) in [4.78, 5) is 8.08. The van der Waals surface area contributed by atoms with Crippen molar-refractivity contribution in [3.05, 3.63) is 17.5 Å². The number of rotatable bonds is 3. The lowest BCUT2D eigenvalue weighted by Crippen LogP contribution is -2.09. The average molecular weight is 238 g/mol. The number of nitrogens with one attached hydrogen (secondary N) is 1. The number of hydrogen-bond donors (Lipinski definition) is 1. The quantitative estimate of drug-likeness (QED) is 0.828. The Balaban J connectivity index is 1.86. The summed E-state index contributed by atoms with van der Waals surface area (Å²) in [6.07, 6.45) is 2.77. The Morgan fingerprint density at radius 1 is 1.62 bits per heavy atom. The van der Waals surface area contributed by atoms with E-state index in [1.807, 2.05) is 0 Å². The van der Waals surface area contributed by atoms with Crippen molar-refractivity contribution >= 4 is 23.2 Å². The van der Waals surface area contributed by atoms with E-state index in [0.717, 1.165) is 24.2 Å². The predicted octanol–water partition coefficient (Wildman–Crippen LogP) is 1.85. The van der Waals surface area contributed by atoms with Crippen LogP contribution in [0.25, 0.3) is 5.78 Å². The summed E-state index contributed by atoms with van der Waals surface area (Å²) >= 11 is 5.91. The van der Waals surface area contributed by atoms with Gasteiger partial charge in [-0.05, 0) is 18.3 Å². The van der Waals surface area contributed by atoms with E-state index < -0.39 is 0 Å². The normalized spacial score (nSPS) is 23.6. The molecule has 5 nitrogen and oxygen atoms in total. The Morgan fingerprint density at radius 3 is 3.19 bits per heavy atom. The first kappa shape index (κ1) is 9.84. The lowest BCUT2D eigenvalue weighted by atomic mass is 10.3. The van der Waals surface area contributed by atoms with Gasteiger partial charge >= 0.3 is 0 Å². The van der Waals surface area contributed by atoms with Gasteiger partial charge < -0.3 is 5.32 Å². The van der Waals surface area contributed by atoms with Gasteiger partial charge in [-0.15, -0.1) is 0 Å². The van der Waals surface area contributed by atoms with Gasteiger partial charge in [0.25, 0.3) is 5.78 Å². The molecular formula is C10H12ClN5. The van der Waals surface area contributed by atoms with E-state index in [1.54, 1.807) is 10.6 Å². The van der Waals surface area contributed by atoms with Crippen molar-refractivity contribution in [3.8, 4) is 0 Å². The molecule has 0 amide bonds. The Hall–Kier alpha value is -1.36. The fourth-order valence-electron chi connectivity index (χ4n) is 1.83. The number of hydrogen-bond acceptors (Lipinski definition) is 4. The molecule has 0 aromatic carbocycles. The van der Waals surface area contributed by atoms with Crippen LogP contribution < -0.4 is 5.32 Å². The Morgan fingerprint density at radius 2 is 2.44 bits per heavy atom. The van der Waals surface area contributed by atoms with Crippen molar-refractivity contribution in [2.24, 2.45) is 11.8 Å². The van der Waals surface area contributed by atoms with Crippen LogP contribution in [0.5, 0.6) is 0 Å². The molecule has 0 spiro atoms. The van der Waals surface area contributed by atoms with Crippen LogP contribution in [0, 0.1) is 11.8 Å². The van der Waals surface area contributed by atoms with E-state index in [9.17, 15) is 0 Å². The Labute approximate surface area is 97.8 Å². The summed E-state index contributed by atoms with van der Waals surface area (Å²) in [6.45, 7) is 3.22. The Bertz CT molecular complexity index is 523. The second-order valence-electron chi connectivity index (χ2n) is 4.29. The fourth-order valence-corrected chi connectivity index (χ4v) is 2.01. The highest BCUT2D eigenvalue weighted by Gasteiger charge is 2.32. The lowest BCUT2D eigenvalue weighted by Gasteiger charge is -2.07. The van der Waals surface area contributed by atoms with Gasteiger partial charge in [-0.3, -0.25) is 0 Å². The zero-order chi connectivity index (χ0) is 11.1. The van der Waals surface area contributed by atoms with E-state index in [1.165, 1.54) is 12.7 Å². The van der Waals surface area contributed by atoms with Gasteiger partial charge in [-0.2, -0.15) is 19.6 Å². The second-order valence-corrected chi connectivity index (χ2v) is 4.68. The minimum atomic E-state index is 0.437. The molecule has 0 aliphatic heterocycles. The minimum absolute atomic E-state index is 0.437. The van der Waals surface area contributed by atoms with Crippen molar-refractivity contribution in [1.82, 2.24) is 19.6 Å². The maximum absolute atomic E-state index is 5.91. The molecule has 1 saturated carbocycles. The van der Waals surface area contributed by atoms with Gasteiger partial charge in [0, 0.05) is 12.6 Å². The largest absolute Gasteiger partial charge is 0.370 e. The summed E-state index contributed by atoms with van der Waals surface area (Å²) < 4.78 is 1.67. The number of aromatic nitrogens is 4. The van der Waals surface area contributed by atoms with Crippen molar-refractivity contribution in [2.75, 3.05) is 11.9 Å². The molecule has 84 valence electrons. The van der Waals surface area contributed by atoms with Crippen LogP contribution in [0.15, 0.2) is 12.4 Å². The van der Waals surface area contributed by atoms with Crippen LogP contribution in [0.4, 0.5) is 5.82 Å². The van der Waals surface area contributed by atoms with Gasteiger partial charge in [-0.1, -0.05) is 18.5 Å². The molecule has 6 heteroatoms. The first-order valence-corrected chi connectivity index (χ1v) is 5.72. The third kappa shape index (κ3) is 1.71. The third-order valence-electron chi connectivity index (χ3n) is 3.04. The highest BCUT2D eigenvalue weighted by molar-refractivity contribution is 6.29. The van der Waals surface area contributed by atoms with Gasteiger partial charge in [0.15, 0.2) is 0 Å². The van der Waals surface area contributed by atoms with Gasteiger partial charge in [0.05, 0.1) is 0 Å². The topological polar surface area (TPSA) is 55.1 Å². The molecule has 0 radical (unpaired) electrons. The van der Waals surface area contributed by atoms with Crippen LogP contribution >= 0.6 is 11.6 Å². The van der Waals surface area contributed by atoms with Crippen LogP contribution in [0.1, 0.15) is 13.3 Å². The maximum atomic E-state index is 5.91. The maximum Gasteiger partial charge on any atom is 0.255 e. The summed E-state index contributed by atoms with van der Waals surface area (Å²) in [5, 5.41) is 7.88. The molecule has 2 aromatic rings. The molecule has 1 aliphatic carbocycles. The molecule has 2 heterocycles. The molecule has 2 aromatic heterocycles. The summed E-state index contributed by atoms with van der Waals surface area (Å²) in [7, 11) is 0. The third-order valence-corrected chi connectivity index (χ3v) is 3.24. The highest BCUT2D eigenvalue weighted by atomic mass is 35.5. The summed E-state index contributed by atoms with van der Waals surface area (Å²) in [5.74, 6) is 2.98. The molecule has 3 rings (SSSR count). The van der Waals surface area contributed by atoms with Crippen LogP contribution in [-0.2, 0) is 0 Å². The second kappa shape index (κ2) is 3.59. The molecule has 0 saturated heterocycles. The first-order chi connectivity index (χ1) is 7.74. The van der Waals surface area contributed by atoms with E-state index in [-0.39, 0.29) is 0 Å². The molecular weight excluding hydrogens is 226 g/mol. The van der Waals surface area contributed by atoms with Gasteiger partial charge in [0.2, 0.25) is 0 Å². The number of anilines is 1. The highest BCUT2D eigenvalue weighted by Crippen LogP contribution is 2.37. The molecule has 2 atom stereocenters. The van der Waals surface area contributed by atoms with Gasteiger partial charge in [-0.25, -0.2) is 0 Å². The van der Waals surface area contributed by atoms with Crippen LogP contribution in [-0.4, -0.2) is 26.1 Å². The average Bonchev–Trinajstić information content (AvgIpc) is 2.76. The standard InChI is InChI=1S/C10H12ClN5/c1-6-2-7(6)4-12-9-3-8(11)15-10-13-5-14-16(9)10/h3,5-7,12H,2,4H2,1H3. The summed E-state index contributed by atoms with van der Waals surface area (Å²) in [6, 6.07) is 1.77. The van der Waals surface area contributed by atoms with Crippen LogP contribution in [0.2, 0.25) is 5.15 Å². The van der Waals surface area contributed by atoms with Crippen molar-refractivity contribution in [2.45, 2.75) is 13.3 Å². The van der Waals surface area contributed by atoms with E-state index >= 15 is 0 Å². The number of fused-ring (bicyclic) bond motifs is 1. The van der Waals surface area contributed by atoms with Crippen molar-refractivity contribution < 1.29 is 0 Å². The molecule has 1 fully saturated rings. The van der Waals surface area contributed by atoms with Crippen LogP contribution in [0.3, 0.4) is 0 Å². The minimum Gasteiger partial charge on any atom is -0.370 e. The SMILES string of the molecule is CC1CC1CNc1cc(Cl)nc2ncnn12. The number of halogens is 1. The molecule has 1 N–H and O–H groups in total. The molecule has 2 unspecified atom stereocenters. The lowest BCUT2D eigenvalue weighted by molar-refractivity contribution is 0.777. The molecule has 1 aliphatic rings. The zero-order valence-corrected chi connectivity index (χ0v) is 9.65. The first-order valence-electron chi connectivity index (χ1n) is 5.34. The van der Waals surface area contributed by atoms with E-state index in [2.05, 4.69) is 27.3 Å². The fraction of sp³-hybridized carbons (Fsp3) is 0.500. The molecule has 0 bridgehead atoms. The zero-order valence-electron chi connectivity index (χ0n) is 8.89. The van der Waals surface area contributed by atoms with Gasteiger partial charge in [0.1, 0.15) is 17.3 Å². The van der Waals surface area contributed by atoms with Crippen molar-refractivity contribution in [3.63, 3.8) is 0 Å². The monoisotopic (exact) mass is 237 g/mol. The van der Waals surface area contributed by atoms with Crippen molar-refractivity contribution in [1.29, 1.82) is 0 Å². The Kier molecular flexibility index (Phi) is 2.21. The smallest absolute Gasteiger partial charge is 0.255 e. The van der Waals surface area contributed by atoms with E-state index in [0.29, 0.717) is 10.9 Å². The molecule has 16 heavy (non-hydrogen) atoms. The number of nitrogens with zero attached hydrogens (tertiary/aromatic N) is 4.